The van der Waals surface area contributed by atoms with Crippen LogP contribution in [0.5, 0.6) is 0 Å². The van der Waals surface area contributed by atoms with Gasteiger partial charge in [0, 0.05) is 0 Å². The maximum absolute atomic E-state index is 3.06. The van der Waals surface area contributed by atoms with Crippen LogP contribution in [0.15, 0.2) is 206 Å². The predicted molar refractivity (Wildman–Crippen MR) is 244 cm³/mol. The van der Waals surface area contributed by atoms with Crippen LogP contribution < -0.4 is 0 Å². The molecular weight excluding hydrogens is 768 g/mol. The normalized spacial score (nSPS) is 9.80. The molecule has 0 N–H and O–H groups in total. The molecule has 0 aromatic heterocycles. The molecule has 10 aromatic rings. The summed E-state index contributed by atoms with van der Waals surface area (Å²) in [6.45, 7) is 7.38. The summed E-state index contributed by atoms with van der Waals surface area (Å²) in [4.78, 5) is 0. The Morgan fingerprint density at radius 2 is 0.696 bits per heavy atom. The summed E-state index contributed by atoms with van der Waals surface area (Å²) >= 11 is 1.36. The second kappa shape index (κ2) is 22.2. The molecule has 0 heterocycles. The van der Waals surface area contributed by atoms with Gasteiger partial charge in [0.25, 0.3) is 0 Å². The monoisotopic (exact) mass is 812 g/mol. The molecule has 0 amide bonds. The van der Waals surface area contributed by atoms with Crippen LogP contribution in [0.1, 0.15) is 11.1 Å². The Hall–Kier alpha value is -5.40. The first-order valence-corrected chi connectivity index (χ1v) is 22.2. The van der Waals surface area contributed by atoms with Crippen molar-refractivity contribution in [1.82, 2.24) is 0 Å². The van der Waals surface area contributed by atoms with Crippen LogP contribution in [0.25, 0.3) is 65.3 Å². The van der Waals surface area contributed by atoms with Gasteiger partial charge >= 0.3 is 30.2 Å². The van der Waals surface area contributed by atoms with Crippen molar-refractivity contribution in [1.29, 1.82) is 0 Å². The third-order valence-electron chi connectivity index (χ3n) is 9.16. The zero-order valence-electron chi connectivity index (χ0n) is 32.6. The number of hydrogen-bond donors (Lipinski definition) is 0. The minimum Gasteiger partial charge on any atom is -0.184 e. The minimum absolute atomic E-state index is 0. The van der Waals surface area contributed by atoms with E-state index >= 15 is 0 Å². The van der Waals surface area contributed by atoms with E-state index in [9.17, 15) is 0 Å². The zero-order chi connectivity index (χ0) is 37.5. The molecule has 0 aliphatic rings. The van der Waals surface area contributed by atoms with E-state index in [1.807, 2.05) is 60.7 Å². The van der Waals surface area contributed by atoms with E-state index in [0.29, 0.717) is 0 Å². The van der Waals surface area contributed by atoms with Crippen molar-refractivity contribution in [3.05, 3.63) is 244 Å². The molecule has 10 aromatic carbocycles. The van der Waals surface area contributed by atoms with Crippen molar-refractivity contribution in [2.24, 2.45) is 0 Å². The topological polar surface area (TPSA) is 0 Å². The standard InChI is InChI=1S/2C20H15.2C6H5.2CH3.Si.Zr/c2*1-14-12-16-8-5-11-19(20(16)13-14)18-10-4-7-15-6-2-3-9-17(15)18;2*1-2-4-6-5-3-1;;;;/h2*2-13H,1H3;2*1-5H;2*1H3;;/q6*-1;;. The molecule has 0 bridgehead atoms. The Labute approximate surface area is 351 Å². The molecule has 2 radical (unpaired) electrons. The SMILES string of the molecule is Cc1cc2c(-c3cccc4ccccc34)cccc2[cH-]1.Cc1cc2c(-c3cccc4ccccc34)cccc2[cH-]1.[CH3-].[CH3-].[Si]=[Zr].[c-]1ccccc1.[c-]1ccccc1. The first-order chi connectivity index (χ1) is 26.7. The van der Waals surface area contributed by atoms with Crippen molar-refractivity contribution >= 4 is 50.0 Å². The smallest absolute Gasteiger partial charge is 0.171 e. The average molecular weight is 814 g/mol. The zero-order valence-corrected chi connectivity index (χ0v) is 36.1. The third-order valence-corrected chi connectivity index (χ3v) is 9.16. The van der Waals surface area contributed by atoms with Crippen LogP contribution in [0.2, 0.25) is 0 Å². The maximum atomic E-state index is 3.06. The fourth-order valence-corrected chi connectivity index (χ4v) is 6.84. The van der Waals surface area contributed by atoms with Crippen LogP contribution in [-0.2, 0) is 23.3 Å². The van der Waals surface area contributed by atoms with Crippen molar-refractivity contribution < 1.29 is 23.3 Å². The van der Waals surface area contributed by atoms with E-state index in [0.717, 1.165) is 0 Å². The number of aryl methyl sites for hydroxylation is 2. The summed E-state index contributed by atoms with van der Waals surface area (Å²) in [6.07, 6.45) is 0. The van der Waals surface area contributed by atoms with Crippen molar-refractivity contribution in [2.45, 2.75) is 13.8 Å². The number of hydrogen-bond acceptors (Lipinski definition) is 0. The van der Waals surface area contributed by atoms with Crippen molar-refractivity contribution in [3.63, 3.8) is 0 Å². The maximum Gasteiger partial charge on any atom is -0.171 e. The van der Waals surface area contributed by atoms with Gasteiger partial charge in [-0.25, -0.2) is 0 Å². The first kappa shape index (κ1) is 43.3. The molecule has 0 aliphatic heterocycles. The van der Waals surface area contributed by atoms with E-state index in [1.165, 1.54) is 99.8 Å². The quantitative estimate of drug-likeness (QED) is 0.120. The van der Waals surface area contributed by atoms with Crippen LogP contribution in [0.3, 0.4) is 0 Å². The van der Waals surface area contributed by atoms with Gasteiger partial charge in [-0.15, -0.1) is 69.1 Å². The largest absolute Gasteiger partial charge is 0.184 e. The van der Waals surface area contributed by atoms with Gasteiger partial charge in [-0.3, -0.25) is 0 Å². The summed E-state index contributed by atoms with van der Waals surface area (Å²) in [5, 5.41) is 10.6. The Bertz CT molecular complexity index is 2420. The molecule has 0 saturated carbocycles. The summed E-state index contributed by atoms with van der Waals surface area (Å²) in [6, 6.07) is 77.5. The van der Waals surface area contributed by atoms with Gasteiger partial charge in [0.15, 0.2) is 0 Å². The van der Waals surface area contributed by atoms with Crippen LogP contribution >= 0.6 is 0 Å². The van der Waals surface area contributed by atoms with Gasteiger partial charge < -0.3 is 14.9 Å². The molecular formula is C54H46SiZr-6. The van der Waals surface area contributed by atoms with Gasteiger partial charge in [-0.1, -0.05) is 122 Å². The van der Waals surface area contributed by atoms with Crippen LogP contribution in [-0.4, -0.2) is 6.88 Å². The number of benzene rings is 8. The summed E-state index contributed by atoms with van der Waals surface area (Å²) < 4.78 is 0. The van der Waals surface area contributed by atoms with Crippen LogP contribution in [0, 0.1) is 40.8 Å². The molecule has 10 rings (SSSR count). The number of rotatable bonds is 2. The Kier molecular flexibility index (Phi) is 17.2. The van der Waals surface area contributed by atoms with E-state index in [-0.39, 0.29) is 14.9 Å². The number of fused-ring (bicyclic) bond motifs is 4. The third kappa shape index (κ3) is 10.9. The summed E-state index contributed by atoms with van der Waals surface area (Å²) in [5.74, 6) is 0. The summed E-state index contributed by atoms with van der Waals surface area (Å²) in [7, 11) is 0. The first-order valence-electron chi connectivity index (χ1n) is 18.0. The predicted octanol–water partition coefficient (Wildman–Crippen LogP) is 14.9. The average Bonchev–Trinajstić information content (AvgIpc) is 3.84. The molecule has 0 unspecified atom stereocenters. The van der Waals surface area contributed by atoms with Gasteiger partial charge in [-0.05, 0) is 32.7 Å². The summed E-state index contributed by atoms with van der Waals surface area (Å²) in [5.41, 5.74) is 7.94. The minimum atomic E-state index is 0. The molecule has 276 valence electrons. The van der Waals surface area contributed by atoms with Gasteiger partial charge in [0.05, 0.1) is 0 Å². The van der Waals surface area contributed by atoms with Crippen LogP contribution in [0.4, 0.5) is 0 Å². The second-order valence-corrected chi connectivity index (χ2v) is 12.9. The van der Waals surface area contributed by atoms with E-state index in [1.54, 1.807) is 0 Å². The fourth-order valence-electron chi connectivity index (χ4n) is 6.84. The Morgan fingerprint density at radius 1 is 0.375 bits per heavy atom. The molecule has 0 nitrogen and oxygen atoms in total. The van der Waals surface area contributed by atoms with Crippen molar-refractivity contribution in [2.75, 3.05) is 0 Å². The molecule has 2 heteroatoms. The van der Waals surface area contributed by atoms with Gasteiger partial charge in [-0.2, -0.15) is 84.9 Å². The van der Waals surface area contributed by atoms with Gasteiger partial charge in [0.1, 0.15) is 0 Å². The van der Waals surface area contributed by atoms with E-state index in [2.05, 4.69) is 178 Å². The molecule has 56 heavy (non-hydrogen) atoms. The molecule has 0 atom stereocenters. The van der Waals surface area contributed by atoms with E-state index in [4.69, 9.17) is 0 Å². The second-order valence-electron chi connectivity index (χ2n) is 12.9. The molecule has 0 spiro atoms. The Balaban J connectivity index is 0.000000181. The molecule has 0 aliphatic carbocycles. The molecule has 0 fully saturated rings. The fraction of sp³-hybridized carbons (Fsp3) is 0.0370. The van der Waals surface area contributed by atoms with Gasteiger partial charge in [0.2, 0.25) is 0 Å². The van der Waals surface area contributed by atoms with E-state index < -0.39 is 0 Å². The Morgan fingerprint density at radius 3 is 1.04 bits per heavy atom. The molecule has 0 saturated heterocycles. The van der Waals surface area contributed by atoms with Crippen molar-refractivity contribution in [3.8, 4) is 22.3 Å².